The normalized spacial score (nSPS) is 19.7. The molecule has 3 nitrogen and oxygen atoms in total. The van der Waals surface area contributed by atoms with Crippen LogP contribution in [0.2, 0.25) is 0 Å². The summed E-state index contributed by atoms with van der Waals surface area (Å²) in [6.07, 6.45) is 5.87. The van der Waals surface area contributed by atoms with Crippen LogP contribution in [0, 0.1) is 5.92 Å². The Morgan fingerprint density at radius 1 is 1.11 bits per heavy atom. The lowest BCUT2D eigenvalue weighted by molar-refractivity contribution is -0.141. The third kappa shape index (κ3) is 4.82. The van der Waals surface area contributed by atoms with Gasteiger partial charge in [0, 0.05) is 0 Å². The highest BCUT2D eigenvalue weighted by Gasteiger charge is 2.33. The van der Waals surface area contributed by atoms with Crippen molar-refractivity contribution in [1.29, 1.82) is 0 Å². The van der Waals surface area contributed by atoms with Gasteiger partial charge < -0.3 is 4.74 Å². The van der Waals surface area contributed by atoms with Crippen LogP contribution in [0.3, 0.4) is 0 Å². The van der Waals surface area contributed by atoms with Gasteiger partial charge in [0.2, 0.25) is 0 Å². The fourth-order valence-corrected chi connectivity index (χ4v) is 3.53. The Balaban J connectivity index is 2.00. The molecule has 138 valence electrons. The number of hydrogen-bond donors (Lipinski definition) is 0. The number of ether oxygens (including phenoxy) is 1. The summed E-state index contributed by atoms with van der Waals surface area (Å²) in [5.41, 5.74) is 4.34. The van der Waals surface area contributed by atoms with Crippen molar-refractivity contribution in [2.45, 2.75) is 32.3 Å². The summed E-state index contributed by atoms with van der Waals surface area (Å²) in [7, 11) is 0. The fourth-order valence-electron chi connectivity index (χ4n) is 3.53. The molecule has 0 aliphatic carbocycles. The number of benzene rings is 2. The van der Waals surface area contributed by atoms with Crippen molar-refractivity contribution in [3.63, 3.8) is 0 Å². The minimum absolute atomic E-state index is 0.180. The van der Waals surface area contributed by atoms with E-state index in [2.05, 4.69) is 19.1 Å². The molecule has 2 aromatic carbocycles. The quantitative estimate of drug-likeness (QED) is 0.382. The molecule has 1 saturated heterocycles. The number of hydrogen-bond acceptors (Lipinski definition) is 3. The van der Waals surface area contributed by atoms with Crippen LogP contribution in [-0.4, -0.2) is 12.3 Å². The van der Waals surface area contributed by atoms with Crippen molar-refractivity contribution in [3.05, 3.63) is 89.5 Å². The fraction of sp³-hybridized carbons (Fsp3) is 0.250. The average Bonchev–Trinajstić information content (AvgIpc) is 3.09. The number of aldehydes is 1. The Morgan fingerprint density at radius 3 is 2.44 bits per heavy atom. The van der Waals surface area contributed by atoms with E-state index in [0.29, 0.717) is 12.3 Å². The van der Waals surface area contributed by atoms with Crippen molar-refractivity contribution in [3.8, 4) is 0 Å². The molecule has 0 spiro atoms. The summed E-state index contributed by atoms with van der Waals surface area (Å²) < 4.78 is 5.69. The van der Waals surface area contributed by atoms with Crippen LogP contribution in [0.15, 0.2) is 78.4 Å². The maximum atomic E-state index is 12.2. The summed E-state index contributed by atoms with van der Waals surface area (Å²) in [6.45, 7) is 2.16. The van der Waals surface area contributed by atoms with Gasteiger partial charge in [-0.3, -0.25) is 9.59 Å². The molecule has 1 heterocycles. The first-order valence-electron chi connectivity index (χ1n) is 9.31. The van der Waals surface area contributed by atoms with Crippen LogP contribution in [0.4, 0.5) is 0 Å². The first-order chi connectivity index (χ1) is 13.2. The van der Waals surface area contributed by atoms with Gasteiger partial charge in [0.15, 0.2) is 0 Å². The SMILES string of the molecule is C[C@H](C/C=C/C=O)C/C(=C1/CC(=O)OC1c1ccccc1)c1ccccc1. The maximum Gasteiger partial charge on any atom is 0.311 e. The number of rotatable bonds is 7. The number of carbonyl (C=O) groups excluding carboxylic acids is 2. The summed E-state index contributed by atoms with van der Waals surface area (Å²) in [6, 6.07) is 20.1. The zero-order valence-electron chi connectivity index (χ0n) is 15.5. The third-order valence-electron chi connectivity index (χ3n) is 4.82. The Hall–Kier alpha value is -2.94. The monoisotopic (exact) mass is 360 g/mol. The molecular weight excluding hydrogens is 336 g/mol. The lowest BCUT2D eigenvalue weighted by atomic mass is 9.86. The van der Waals surface area contributed by atoms with E-state index in [1.165, 1.54) is 5.57 Å². The molecule has 2 aromatic rings. The minimum atomic E-state index is -0.327. The highest BCUT2D eigenvalue weighted by molar-refractivity contribution is 5.83. The van der Waals surface area contributed by atoms with Crippen molar-refractivity contribution in [2.75, 3.05) is 0 Å². The van der Waals surface area contributed by atoms with E-state index in [0.717, 1.165) is 35.8 Å². The molecular formula is C24H24O3. The highest BCUT2D eigenvalue weighted by Crippen LogP contribution is 2.41. The Bertz CT molecular complexity index is 834. The zero-order valence-corrected chi connectivity index (χ0v) is 15.5. The minimum Gasteiger partial charge on any atom is -0.453 e. The summed E-state index contributed by atoms with van der Waals surface area (Å²) in [4.78, 5) is 22.7. The molecule has 0 saturated carbocycles. The molecule has 1 aliphatic heterocycles. The van der Waals surface area contributed by atoms with Gasteiger partial charge in [0.25, 0.3) is 0 Å². The van der Waals surface area contributed by atoms with Gasteiger partial charge in [-0.2, -0.15) is 0 Å². The molecule has 27 heavy (non-hydrogen) atoms. The summed E-state index contributed by atoms with van der Waals surface area (Å²) >= 11 is 0. The van der Waals surface area contributed by atoms with Crippen LogP contribution in [-0.2, 0) is 14.3 Å². The van der Waals surface area contributed by atoms with E-state index in [-0.39, 0.29) is 12.1 Å². The van der Waals surface area contributed by atoms with E-state index >= 15 is 0 Å². The maximum absolute atomic E-state index is 12.2. The predicted molar refractivity (Wildman–Crippen MR) is 107 cm³/mol. The molecule has 3 rings (SSSR count). The van der Waals surface area contributed by atoms with Crippen LogP contribution in [0.1, 0.15) is 43.4 Å². The van der Waals surface area contributed by atoms with E-state index in [9.17, 15) is 9.59 Å². The predicted octanol–water partition coefficient (Wildman–Crippen LogP) is 5.30. The highest BCUT2D eigenvalue weighted by atomic mass is 16.5. The molecule has 0 radical (unpaired) electrons. The smallest absolute Gasteiger partial charge is 0.311 e. The first-order valence-corrected chi connectivity index (χ1v) is 9.31. The molecule has 2 atom stereocenters. The van der Waals surface area contributed by atoms with Crippen LogP contribution in [0.5, 0.6) is 0 Å². The number of cyclic esters (lactones) is 1. The standard InChI is InChI=1S/C24H24O3/c1-18(10-8-9-15-25)16-21(19-11-4-2-5-12-19)22-17-23(26)27-24(22)20-13-6-3-7-14-20/h2-9,11-15,18,24H,10,16-17H2,1H3/b9-8+,22-21+/t18-,24?/m1/s1. The van der Waals surface area contributed by atoms with Gasteiger partial charge >= 0.3 is 5.97 Å². The molecule has 3 heteroatoms. The lowest BCUT2D eigenvalue weighted by Gasteiger charge is -2.19. The van der Waals surface area contributed by atoms with Crippen molar-refractivity contribution < 1.29 is 14.3 Å². The molecule has 0 bridgehead atoms. The molecule has 0 amide bonds. The molecule has 0 aromatic heterocycles. The lowest BCUT2D eigenvalue weighted by Crippen LogP contribution is -2.04. The van der Waals surface area contributed by atoms with E-state index in [1.54, 1.807) is 6.08 Å². The van der Waals surface area contributed by atoms with E-state index in [1.807, 2.05) is 54.6 Å². The molecule has 0 N–H and O–H groups in total. The average molecular weight is 360 g/mol. The number of esters is 1. The van der Waals surface area contributed by atoms with Gasteiger partial charge in [0.1, 0.15) is 12.4 Å². The van der Waals surface area contributed by atoms with Crippen molar-refractivity contribution in [2.24, 2.45) is 5.92 Å². The van der Waals surface area contributed by atoms with Gasteiger partial charge in [-0.05, 0) is 47.1 Å². The van der Waals surface area contributed by atoms with Gasteiger partial charge in [-0.1, -0.05) is 73.7 Å². The van der Waals surface area contributed by atoms with E-state index in [4.69, 9.17) is 4.74 Å². The van der Waals surface area contributed by atoms with Crippen LogP contribution >= 0.6 is 0 Å². The third-order valence-corrected chi connectivity index (χ3v) is 4.82. The second kappa shape index (κ2) is 9.13. The van der Waals surface area contributed by atoms with E-state index < -0.39 is 0 Å². The van der Waals surface area contributed by atoms with Crippen LogP contribution in [0.25, 0.3) is 5.57 Å². The molecule has 1 unspecified atom stereocenters. The largest absolute Gasteiger partial charge is 0.453 e. The molecule has 1 fully saturated rings. The topological polar surface area (TPSA) is 43.4 Å². The Kier molecular flexibility index (Phi) is 6.37. The van der Waals surface area contributed by atoms with Crippen LogP contribution < -0.4 is 0 Å². The molecule has 1 aliphatic rings. The van der Waals surface area contributed by atoms with Crippen molar-refractivity contribution in [1.82, 2.24) is 0 Å². The van der Waals surface area contributed by atoms with Gasteiger partial charge in [-0.25, -0.2) is 0 Å². The second-order valence-corrected chi connectivity index (χ2v) is 6.94. The summed E-state index contributed by atoms with van der Waals surface area (Å²) in [5, 5.41) is 0. The van der Waals surface area contributed by atoms with Gasteiger partial charge in [0.05, 0.1) is 6.42 Å². The first kappa shape index (κ1) is 18.8. The Labute approximate surface area is 160 Å². The Morgan fingerprint density at radius 2 is 1.78 bits per heavy atom. The summed E-state index contributed by atoms with van der Waals surface area (Å²) in [5.74, 6) is 0.164. The zero-order chi connectivity index (χ0) is 19.1. The second-order valence-electron chi connectivity index (χ2n) is 6.94. The van der Waals surface area contributed by atoms with Gasteiger partial charge in [-0.15, -0.1) is 0 Å². The number of allylic oxidation sites excluding steroid dienone is 3. The van der Waals surface area contributed by atoms with Crippen molar-refractivity contribution >= 4 is 17.8 Å². The number of carbonyl (C=O) groups is 2.